The van der Waals surface area contributed by atoms with E-state index in [1.54, 1.807) is 6.07 Å². The van der Waals surface area contributed by atoms with Crippen LogP contribution >= 0.6 is 0 Å². The number of nitrogen functional groups attached to an aromatic ring is 1. The fourth-order valence-corrected chi connectivity index (χ4v) is 2.42. The van der Waals surface area contributed by atoms with Crippen LogP contribution in [0.4, 0.5) is 0 Å². The standard InChI is InChI=1S/C13H21N3O3/c1-2-18-10-3-6-16(7-4-10)9-12-11(5-8-19-12)13(17)15-14/h5,8,10H,2-4,6-7,9,14H2,1H3,(H,15,17). The number of carbonyl (C=O) groups excluding carboxylic acids is 1. The zero-order chi connectivity index (χ0) is 13.7. The summed E-state index contributed by atoms with van der Waals surface area (Å²) in [5, 5.41) is 0. The molecule has 1 aromatic rings. The summed E-state index contributed by atoms with van der Waals surface area (Å²) in [7, 11) is 0. The van der Waals surface area contributed by atoms with E-state index in [1.165, 1.54) is 6.26 Å². The van der Waals surface area contributed by atoms with Gasteiger partial charge in [0, 0.05) is 19.7 Å². The number of hydrogen-bond acceptors (Lipinski definition) is 5. The Morgan fingerprint density at radius 3 is 2.95 bits per heavy atom. The molecule has 6 heteroatoms. The average Bonchev–Trinajstić information content (AvgIpc) is 2.88. The van der Waals surface area contributed by atoms with Crippen molar-refractivity contribution in [2.75, 3.05) is 19.7 Å². The van der Waals surface area contributed by atoms with Gasteiger partial charge in [0.1, 0.15) is 5.76 Å². The molecule has 1 fully saturated rings. The van der Waals surface area contributed by atoms with Gasteiger partial charge >= 0.3 is 0 Å². The van der Waals surface area contributed by atoms with Crippen molar-refractivity contribution in [1.29, 1.82) is 0 Å². The summed E-state index contributed by atoms with van der Waals surface area (Å²) in [6, 6.07) is 1.64. The third kappa shape index (κ3) is 3.56. The molecular formula is C13H21N3O3. The predicted octanol–water partition coefficient (Wildman–Crippen LogP) is 0.884. The molecule has 0 saturated carbocycles. The molecule has 0 aliphatic carbocycles. The second kappa shape index (κ2) is 6.70. The minimum Gasteiger partial charge on any atom is -0.467 e. The third-order valence-electron chi connectivity index (χ3n) is 3.43. The number of hydrazine groups is 1. The first-order chi connectivity index (χ1) is 9.24. The lowest BCUT2D eigenvalue weighted by Gasteiger charge is -2.31. The van der Waals surface area contributed by atoms with E-state index in [0.29, 0.717) is 24.0 Å². The number of furan rings is 1. The van der Waals surface area contributed by atoms with Crippen LogP contribution < -0.4 is 11.3 Å². The number of ether oxygens (including phenoxy) is 1. The van der Waals surface area contributed by atoms with E-state index in [9.17, 15) is 4.79 Å². The monoisotopic (exact) mass is 267 g/mol. The maximum absolute atomic E-state index is 11.5. The lowest BCUT2D eigenvalue weighted by atomic mass is 10.1. The van der Waals surface area contributed by atoms with Crippen LogP contribution in [0.15, 0.2) is 16.7 Å². The fraction of sp³-hybridized carbons (Fsp3) is 0.615. The number of amides is 1. The molecule has 3 N–H and O–H groups in total. The Labute approximate surface area is 112 Å². The Bertz CT molecular complexity index is 411. The van der Waals surface area contributed by atoms with Crippen LogP contribution in [-0.2, 0) is 11.3 Å². The van der Waals surface area contributed by atoms with E-state index in [2.05, 4.69) is 10.3 Å². The van der Waals surface area contributed by atoms with Gasteiger partial charge in [0.2, 0.25) is 0 Å². The molecule has 1 amide bonds. The summed E-state index contributed by atoms with van der Waals surface area (Å²) in [5.74, 6) is 5.50. The van der Waals surface area contributed by atoms with Gasteiger partial charge in [-0.1, -0.05) is 0 Å². The second-order valence-electron chi connectivity index (χ2n) is 4.66. The third-order valence-corrected chi connectivity index (χ3v) is 3.43. The van der Waals surface area contributed by atoms with Crippen LogP contribution in [0.3, 0.4) is 0 Å². The Kier molecular flexibility index (Phi) is 4.95. The highest BCUT2D eigenvalue weighted by atomic mass is 16.5. The molecule has 106 valence electrons. The molecule has 19 heavy (non-hydrogen) atoms. The maximum atomic E-state index is 11.5. The molecule has 2 rings (SSSR count). The molecule has 0 spiro atoms. The van der Waals surface area contributed by atoms with Gasteiger partial charge in [-0.05, 0) is 25.8 Å². The van der Waals surface area contributed by atoms with Gasteiger partial charge in [-0.15, -0.1) is 0 Å². The van der Waals surface area contributed by atoms with E-state index in [4.69, 9.17) is 15.0 Å². The van der Waals surface area contributed by atoms with Gasteiger partial charge in [-0.25, -0.2) is 5.84 Å². The largest absolute Gasteiger partial charge is 0.467 e. The van der Waals surface area contributed by atoms with Gasteiger partial charge in [0.05, 0.1) is 24.5 Å². The zero-order valence-corrected chi connectivity index (χ0v) is 11.2. The molecular weight excluding hydrogens is 246 g/mol. The van der Waals surface area contributed by atoms with Gasteiger partial charge in [-0.3, -0.25) is 15.1 Å². The van der Waals surface area contributed by atoms with Crippen molar-refractivity contribution in [3.8, 4) is 0 Å². The number of rotatable bonds is 5. The van der Waals surface area contributed by atoms with Crippen molar-refractivity contribution in [1.82, 2.24) is 10.3 Å². The molecule has 1 saturated heterocycles. The molecule has 0 bridgehead atoms. The lowest BCUT2D eigenvalue weighted by Crippen LogP contribution is -2.37. The van der Waals surface area contributed by atoms with Crippen LogP contribution in [0.2, 0.25) is 0 Å². The SMILES string of the molecule is CCOC1CCN(Cc2occc2C(=O)NN)CC1. The number of nitrogens with two attached hydrogens (primary N) is 1. The molecule has 0 aromatic carbocycles. The Balaban J connectivity index is 1.89. The van der Waals surface area contributed by atoms with Gasteiger partial charge in [-0.2, -0.15) is 0 Å². The zero-order valence-electron chi connectivity index (χ0n) is 11.2. The Hall–Kier alpha value is -1.37. The highest BCUT2D eigenvalue weighted by molar-refractivity contribution is 5.94. The summed E-state index contributed by atoms with van der Waals surface area (Å²) in [6.07, 6.45) is 3.93. The number of carbonyl (C=O) groups is 1. The summed E-state index contributed by atoms with van der Waals surface area (Å²) < 4.78 is 11.0. The molecule has 0 atom stereocenters. The summed E-state index contributed by atoms with van der Waals surface area (Å²) in [5.41, 5.74) is 2.64. The molecule has 1 aliphatic rings. The minimum atomic E-state index is -0.312. The molecule has 1 aliphatic heterocycles. The van der Waals surface area contributed by atoms with E-state index in [0.717, 1.165) is 32.5 Å². The van der Waals surface area contributed by atoms with Crippen LogP contribution in [0.25, 0.3) is 0 Å². The van der Waals surface area contributed by atoms with Gasteiger partial charge in [0.15, 0.2) is 0 Å². The summed E-state index contributed by atoms with van der Waals surface area (Å²) in [6.45, 7) is 5.33. The number of nitrogens with zero attached hydrogens (tertiary/aromatic N) is 1. The smallest absolute Gasteiger partial charge is 0.268 e. The molecule has 6 nitrogen and oxygen atoms in total. The van der Waals surface area contributed by atoms with Crippen LogP contribution in [0, 0.1) is 0 Å². The topological polar surface area (TPSA) is 80.7 Å². The first-order valence-corrected chi connectivity index (χ1v) is 6.65. The molecule has 0 unspecified atom stereocenters. The molecule has 1 aromatic heterocycles. The Morgan fingerprint density at radius 2 is 2.32 bits per heavy atom. The van der Waals surface area contributed by atoms with E-state index in [1.807, 2.05) is 6.92 Å². The van der Waals surface area contributed by atoms with Crippen LogP contribution in [0.1, 0.15) is 35.9 Å². The fourth-order valence-electron chi connectivity index (χ4n) is 2.42. The first-order valence-electron chi connectivity index (χ1n) is 6.65. The maximum Gasteiger partial charge on any atom is 0.268 e. The summed E-state index contributed by atoms with van der Waals surface area (Å²) >= 11 is 0. The number of piperidine rings is 1. The van der Waals surface area contributed by atoms with E-state index in [-0.39, 0.29) is 5.91 Å². The minimum absolute atomic E-state index is 0.312. The van der Waals surface area contributed by atoms with Crippen molar-refractivity contribution in [3.05, 3.63) is 23.7 Å². The first kappa shape index (κ1) is 14.0. The van der Waals surface area contributed by atoms with Gasteiger partial charge in [0.25, 0.3) is 5.91 Å². The number of likely N-dealkylation sites (tertiary alicyclic amines) is 1. The Morgan fingerprint density at radius 1 is 1.58 bits per heavy atom. The highest BCUT2D eigenvalue weighted by Gasteiger charge is 2.22. The van der Waals surface area contributed by atoms with E-state index < -0.39 is 0 Å². The number of nitrogens with one attached hydrogen (secondary N) is 1. The second-order valence-corrected chi connectivity index (χ2v) is 4.66. The predicted molar refractivity (Wildman–Crippen MR) is 70.3 cm³/mol. The molecule has 2 heterocycles. The summed E-state index contributed by atoms with van der Waals surface area (Å²) in [4.78, 5) is 13.8. The number of hydrogen-bond donors (Lipinski definition) is 2. The quantitative estimate of drug-likeness (QED) is 0.470. The van der Waals surface area contributed by atoms with E-state index >= 15 is 0 Å². The van der Waals surface area contributed by atoms with Crippen molar-refractivity contribution in [3.63, 3.8) is 0 Å². The van der Waals surface area contributed by atoms with Crippen LogP contribution in [-0.4, -0.2) is 36.6 Å². The lowest BCUT2D eigenvalue weighted by molar-refractivity contribution is 0.0111. The highest BCUT2D eigenvalue weighted by Crippen LogP contribution is 2.18. The van der Waals surface area contributed by atoms with Crippen molar-refractivity contribution >= 4 is 5.91 Å². The van der Waals surface area contributed by atoms with Crippen molar-refractivity contribution in [2.45, 2.75) is 32.4 Å². The average molecular weight is 267 g/mol. The van der Waals surface area contributed by atoms with Crippen molar-refractivity contribution in [2.24, 2.45) is 5.84 Å². The normalized spacial score (nSPS) is 17.6. The van der Waals surface area contributed by atoms with Crippen molar-refractivity contribution < 1.29 is 13.9 Å². The van der Waals surface area contributed by atoms with Gasteiger partial charge < -0.3 is 9.15 Å². The molecule has 0 radical (unpaired) electrons. The van der Waals surface area contributed by atoms with Crippen LogP contribution in [0.5, 0.6) is 0 Å².